The van der Waals surface area contributed by atoms with Gasteiger partial charge < -0.3 is 20.0 Å². The smallest absolute Gasteiger partial charge is 0.872 e. The Morgan fingerprint density at radius 2 is 0.822 bits per heavy atom. The molecule has 7 heteroatoms. The zero-order valence-corrected chi connectivity index (χ0v) is 34.6. The Labute approximate surface area is 289 Å². The molecule has 0 bridgehead atoms. The predicted octanol–water partition coefficient (Wildman–Crippen LogP) is 6.67. The maximum absolute atomic E-state index is 12.7. The molecule has 2 rings (SSSR count). The van der Waals surface area contributed by atoms with Crippen LogP contribution in [-0.2, 0) is 41.1 Å². The second-order valence-corrected chi connectivity index (χ2v) is 16.6. The van der Waals surface area contributed by atoms with Crippen LogP contribution in [0.5, 0.6) is 11.5 Å². The maximum Gasteiger partial charge on any atom is 2.00 e. The van der Waals surface area contributed by atoms with Crippen molar-refractivity contribution >= 4 is 12.4 Å². The first-order valence-electron chi connectivity index (χ1n) is 15.9. The fraction of sp³-hybridized carbons (Fsp3) is 0.632. The van der Waals surface area contributed by atoms with E-state index in [4.69, 9.17) is 0 Å². The molecule has 0 fully saturated rings. The van der Waals surface area contributed by atoms with Crippen LogP contribution in [0.2, 0.25) is 0 Å². The topological polar surface area (TPSA) is 77.3 Å². The van der Waals surface area contributed by atoms with E-state index in [2.05, 4.69) is 115 Å². The Bertz CT molecular complexity index is 1170. The fourth-order valence-corrected chi connectivity index (χ4v) is 4.32. The molecule has 0 amide bonds. The third kappa shape index (κ3) is 14.5. The summed E-state index contributed by atoms with van der Waals surface area (Å²) in [7, 11) is 8.08. The Kier molecular flexibility index (Phi) is 16.4. The molecule has 0 saturated heterocycles. The van der Waals surface area contributed by atoms with Crippen LogP contribution in [0.25, 0.3) is 0 Å². The SMILES string of the molecule is CN(C)CCN=Cc1cc(C(C)(C)C)cc(C(C)(C)C)c1[O-].CN(C)CCN=Cc1cc(C(C)(C)C)cc(C(C)(C)C)c1[O-].[Zn+2]. The molecule has 0 radical (unpaired) electrons. The number of rotatable bonds is 8. The quantitative estimate of drug-likeness (QED) is 0.232. The van der Waals surface area contributed by atoms with Crippen LogP contribution in [-0.4, -0.2) is 76.6 Å². The van der Waals surface area contributed by atoms with Gasteiger partial charge in [-0.25, -0.2) is 0 Å². The van der Waals surface area contributed by atoms with Crippen molar-refractivity contribution in [2.45, 2.75) is 105 Å². The van der Waals surface area contributed by atoms with E-state index in [0.717, 1.165) is 24.2 Å². The van der Waals surface area contributed by atoms with Crippen molar-refractivity contribution in [2.75, 3.05) is 54.4 Å². The number of hydrogen-bond acceptors (Lipinski definition) is 6. The van der Waals surface area contributed by atoms with Crippen molar-refractivity contribution in [1.82, 2.24) is 9.80 Å². The Hall–Kier alpha value is -2.08. The van der Waals surface area contributed by atoms with E-state index in [0.29, 0.717) is 24.2 Å². The first-order valence-corrected chi connectivity index (χ1v) is 15.9. The summed E-state index contributed by atoms with van der Waals surface area (Å²) in [6.07, 6.45) is 3.49. The zero-order chi connectivity index (χ0) is 34.3. The summed E-state index contributed by atoms with van der Waals surface area (Å²) in [4.78, 5) is 13.0. The molecule has 0 N–H and O–H groups in total. The molecule has 0 spiro atoms. The predicted molar refractivity (Wildman–Crippen MR) is 189 cm³/mol. The van der Waals surface area contributed by atoms with Crippen LogP contribution in [0, 0.1) is 0 Å². The van der Waals surface area contributed by atoms with Gasteiger partial charge in [0.05, 0.1) is 13.1 Å². The van der Waals surface area contributed by atoms with Crippen molar-refractivity contribution in [3.05, 3.63) is 57.6 Å². The summed E-state index contributed by atoms with van der Waals surface area (Å²) in [5.41, 5.74) is 5.22. The van der Waals surface area contributed by atoms with Crippen molar-refractivity contribution in [2.24, 2.45) is 9.98 Å². The van der Waals surface area contributed by atoms with Crippen molar-refractivity contribution in [1.29, 1.82) is 0 Å². The number of hydrogen-bond donors (Lipinski definition) is 0. The molecular weight excluding hydrogens is 610 g/mol. The monoisotopic (exact) mass is 670 g/mol. The van der Waals surface area contributed by atoms with E-state index in [-0.39, 0.29) is 52.6 Å². The summed E-state index contributed by atoms with van der Waals surface area (Å²) in [6, 6.07) is 8.13. The normalized spacial score (nSPS) is 13.0. The van der Waals surface area contributed by atoms with Crippen LogP contribution in [0.4, 0.5) is 0 Å². The summed E-state index contributed by atoms with van der Waals surface area (Å²) in [5, 5.41) is 25.4. The van der Waals surface area contributed by atoms with Gasteiger partial charge in [-0.3, -0.25) is 9.98 Å². The largest absolute Gasteiger partial charge is 2.00 e. The van der Waals surface area contributed by atoms with Crippen molar-refractivity contribution < 1.29 is 29.7 Å². The molecule has 0 aliphatic carbocycles. The molecule has 0 atom stereocenters. The number of nitrogens with zero attached hydrogens (tertiary/aromatic N) is 4. The van der Waals surface area contributed by atoms with Gasteiger partial charge in [0.1, 0.15) is 0 Å². The van der Waals surface area contributed by atoms with E-state index >= 15 is 0 Å². The average molecular weight is 672 g/mol. The molecule has 248 valence electrons. The number of aliphatic imine (C=N–C) groups is 2. The molecule has 0 aromatic heterocycles. The molecule has 0 saturated carbocycles. The molecule has 2 aromatic rings. The Morgan fingerprint density at radius 1 is 0.533 bits per heavy atom. The maximum atomic E-state index is 12.7. The molecule has 0 aliphatic heterocycles. The van der Waals surface area contributed by atoms with E-state index < -0.39 is 0 Å². The minimum absolute atomic E-state index is 0. The minimum atomic E-state index is -0.162. The van der Waals surface area contributed by atoms with Gasteiger partial charge in [0.15, 0.2) is 0 Å². The Balaban J connectivity index is 0.000000842. The molecule has 0 aliphatic rings. The first kappa shape index (κ1) is 42.9. The summed E-state index contributed by atoms with van der Waals surface area (Å²) < 4.78 is 0. The van der Waals surface area contributed by atoms with Crippen LogP contribution < -0.4 is 10.2 Å². The fourth-order valence-electron chi connectivity index (χ4n) is 4.32. The minimum Gasteiger partial charge on any atom is -0.872 e. The molecule has 2 aromatic carbocycles. The van der Waals surface area contributed by atoms with E-state index in [1.165, 1.54) is 11.1 Å². The van der Waals surface area contributed by atoms with Gasteiger partial charge in [0.2, 0.25) is 0 Å². The molecule has 0 unspecified atom stereocenters. The number of likely N-dealkylation sites (N-methyl/N-ethyl adjacent to an activating group) is 2. The summed E-state index contributed by atoms with van der Waals surface area (Å²) in [5.74, 6) is 0.211. The Morgan fingerprint density at radius 3 is 1.04 bits per heavy atom. The van der Waals surface area contributed by atoms with E-state index in [1.807, 2.05) is 40.3 Å². The van der Waals surface area contributed by atoms with E-state index in [9.17, 15) is 10.2 Å². The third-order valence-electron chi connectivity index (χ3n) is 7.40. The molecule has 0 heterocycles. The van der Waals surface area contributed by atoms with E-state index in [1.54, 1.807) is 12.4 Å². The second kappa shape index (κ2) is 17.2. The van der Waals surface area contributed by atoms with Crippen molar-refractivity contribution in [3.8, 4) is 11.5 Å². The molecule has 45 heavy (non-hydrogen) atoms. The molecule has 6 nitrogen and oxygen atoms in total. The second-order valence-electron chi connectivity index (χ2n) is 16.6. The third-order valence-corrected chi connectivity index (χ3v) is 7.40. The van der Waals surface area contributed by atoms with Gasteiger partial charge in [-0.1, -0.05) is 119 Å². The van der Waals surface area contributed by atoms with Crippen LogP contribution >= 0.6 is 0 Å². The van der Waals surface area contributed by atoms with Gasteiger partial charge in [0.25, 0.3) is 0 Å². The van der Waals surface area contributed by atoms with Gasteiger partial charge in [-0.2, -0.15) is 0 Å². The number of benzene rings is 2. The van der Waals surface area contributed by atoms with Crippen LogP contribution in [0.1, 0.15) is 116 Å². The van der Waals surface area contributed by atoms with Gasteiger partial charge >= 0.3 is 19.5 Å². The van der Waals surface area contributed by atoms with Gasteiger partial charge in [0, 0.05) is 25.5 Å². The van der Waals surface area contributed by atoms with Crippen molar-refractivity contribution in [3.63, 3.8) is 0 Å². The molecular formula is C38H62N4O2Zn. The van der Waals surface area contributed by atoms with Crippen LogP contribution in [0.15, 0.2) is 34.3 Å². The van der Waals surface area contributed by atoms with Gasteiger partial charge in [-0.15, -0.1) is 0 Å². The standard InChI is InChI=1S/2C19H32N2O.Zn/c2*1-18(2,3)15-11-14(13-20-9-10-21(7)8)17(22)16(12-15)19(4,5)6;/h2*11-13,22H,9-10H2,1-8H3;/q;;+2/p-2. The van der Waals surface area contributed by atoms with Crippen LogP contribution in [0.3, 0.4) is 0 Å². The average Bonchev–Trinajstić information content (AvgIpc) is 2.83. The zero-order valence-electron chi connectivity index (χ0n) is 31.6. The summed E-state index contributed by atoms with van der Waals surface area (Å²) >= 11 is 0. The first-order chi connectivity index (χ1) is 19.9. The summed E-state index contributed by atoms with van der Waals surface area (Å²) in [6.45, 7) is 28.7. The van der Waals surface area contributed by atoms with Gasteiger partial charge in [-0.05, 0) is 83.2 Å².